The largest absolute Gasteiger partial charge is 0.507 e. The molecule has 0 aromatic heterocycles. The molecule has 2 N–H and O–H groups in total. The van der Waals surface area contributed by atoms with Gasteiger partial charge in [-0.3, -0.25) is 14.9 Å². The zero-order valence-electron chi connectivity index (χ0n) is 10.5. The van der Waals surface area contributed by atoms with Crippen LogP contribution in [0.2, 0.25) is 0 Å². The molecule has 21 heavy (non-hydrogen) atoms. The molecule has 2 aromatic rings. The molecule has 2 rings (SSSR count). The van der Waals surface area contributed by atoms with Crippen LogP contribution in [0.4, 0.5) is 5.69 Å². The van der Waals surface area contributed by atoms with Crippen molar-refractivity contribution in [2.45, 2.75) is 0 Å². The van der Waals surface area contributed by atoms with E-state index >= 15 is 0 Å². The number of hydrogen-bond donors (Lipinski definition) is 2. The molecule has 0 aliphatic carbocycles. The van der Waals surface area contributed by atoms with Crippen LogP contribution < -0.4 is 0 Å². The summed E-state index contributed by atoms with van der Waals surface area (Å²) in [4.78, 5) is 33.7. The number of carboxylic acid groups (broad SMARTS) is 1. The fourth-order valence-electron chi connectivity index (χ4n) is 1.92. The second-order valence-corrected chi connectivity index (χ2v) is 4.11. The van der Waals surface area contributed by atoms with Crippen molar-refractivity contribution >= 4 is 17.4 Å². The Bertz CT molecular complexity index is 753. The molecule has 0 aliphatic rings. The fraction of sp³-hybridized carbons (Fsp3) is 0. The van der Waals surface area contributed by atoms with E-state index in [1.807, 2.05) is 0 Å². The van der Waals surface area contributed by atoms with Crippen LogP contribution in [-0.4, -0.2) is 26.9 Å². The highest BCUT2D eigenvalue weighted by Gasteiger charge is 2.26. The average molecular weight is 287 g/mol. The van der Waals surface area contributed by atoms with Crippen LogP contribution in [0.1, 0.15) is 26.3 Å². The van der Waals surface area contributed by atoms with E-state index in [9.17, 15) is 24.8 Å². The number of carboxylic acids is 1. The zero-order chi connectivity index (χ0) is 15.6. The molecular weight excluding hydrogens is 278 g/mol. The maximum atomic E-state index is 12.4. The van der Waals surface area contributed by atoms with Gasteiger partial charge in [-0.2, -0.15) is 0 Å². The van der Waals surface area contributed by atoms with Crippen molar-refractivity contribution in [3.05, 3.63) is 69.3 Å². The number of carbonyl (C=O) groups excluding carboxylic acids is 1. The van der Waals surface area contributed by atoms with Gasteiger partial charge in [-0.05, 0) is 18.2 Å². The molecule has 7 heteroatoms. The van der Waals surface area contributed by atoms with E-state index in [1.165, 1.54) is 30.3 Å². The summed E-state index contributed by atoms with van der Waals surface area (Å²) in [5.41, 5.74) is -1.56. The van der Waals surface area contributed by atoms with Gasteiger partial charge in [0.15, 0.2) is 0 Å². The average Bonchev–Trinajstić information content (AvgIpc) is 2.45. The SMILES string of the molecule is O=C(c1ccccc1[N+](=O)[O-])c1cccc(O)c1C(=O)O. The second-order valence-electron chi connectivity index (χ2n) is 4.11. The van der Waals surface area contributed by atoms with Crippen molar-refractivity contribution in [1.29, 1.82) is 0 Å². The summed E-state index contributed by atoms with van der Waals surface area (Å²) < 4.78 is 0. The van der Waals surface area contributed by atoms with Crippen molar-refractivity contribution in [3.63, 3.8) is 0 Å². The van der Waals surface area contributed by atoms with Gasteiger partial charge in [0.25, 0.3) is 5.69 Å². The van der Waals surface area contributed by atoms with E-state index in [0.717, 1.165) is 12.1 Å². The number of phenols is 1. The summed E-state index contributed by atoms with van der Waals surface area (Å²) in [6, 6.07) is 8.83. The van der Waals surface area contributed by atoms with E-state index in [-0.39, 0.29) is 11.1 Å². The number of nitro benzene ring substituents is 1. The van der Waals surface area contributed by atoms with Crippen molar-refractivity contribution < 1.29 is 24.7 Å². The minimum Gasteiger partial charge on any atom is -0.507 e. The molecular formula is C14H9NO6. The highest BCUT2D eigenvalue weighted by Crippen LogP contribution is 2.27. The Morgan fingerprint density at radius 3 is 2.24 bits per heavy atom. The number of nitrogens with zero attached hydrogens (tertiary/aromatic N) is 1. The number of benzene rings is 2. The number of para-hydroxylation sites is 1. The topological polar surface area (TPSA) is 118 Å². The van der Waals surface area contributed by atoms with Crippen molar-refractivity contribution in [2.24, 2.45) is 0 Å². The van der Waals surface area contributed by atoms with E-state index in [1.54, 1.807) is 0 Å². The maximum absolute atomic E-state index is 12.4. The van der Waals surface area contributed by atoms with Crippen LogP contribution in [0.25, 0.3) is 0 Å². The standard InChI is InChI=1S/C14H9NO6/c16-11-7-3-5-9(12(11)14(18)19)13(17)8-4-1-2-6-10(8)15(20)21/h1-7,16H,(H,18,19). The second kappa shape index (κ2) is 5.41. The van der Waals surface area contributed by atoms with Crippen LogP contribution >= 0.6 is 0 Å². The molecule has 0 heterocycles. The van der Waals surface area contributed by atoms with Crippen LogP contribution in [-0.2, 0) is 0 Å². The lowest BCUT2D eigenvalue weighted by atomic mass is 9.96. The number of ketones is 1. The zero-order valence-corrected chi connectivity index (χ0v) is 10.5. The van der Waals surface area contributed by atoms with Crippen LogP contribution in [0.5, 0.6) is 5.75 Å². The number of rotatable bonds is 4. The lowest BCUT2D eigenvalue weighted by Crippen LogP contribution is -2.11. The number of carbonyl (C=O) groups is 2. The quantitative estimate of drug-likeness (QED) is 0.505. The minimum atomic E-state index is -1.49. The van der Waals surface area contributed by atoms with Gasteiger partial charge in [0.2, 0.25) is 5.78 Å². The molecule has 0 saturated heterocycles. The van der Waals surface area contributed by atoms with Gasteiger partial charge in [-0.15, -0.1) is 0 Å². The van der Waals surface area contributed by atoms with E-state index in [4.69, 9.17) is 5.11 Å². The predicted octanol–water partition coefficient (Wildman–Crippen LogP) is 2.23. The van der Waals surface area contributed by atoms with Gasteiger partial charge < -0.3 is 10.2 Å². The molecule has 0 unspecified atom stereocenters. The van der Waals surface area contributed by atoms with E-state index in [2.05, 4.69) is 0 Å². The fourth-order valence-corrected chi connectivity index (χ4v) is 1.92. The summed E-state index contributed by atoms with van der Waals surface area (Å²) in [5.74, 6) is -2.91. The number of aromatic hydroxyl groups is 1. The first-order chi connectivity index (χ1) is 9.93. The molecule has 0 spiro atoms. The van der Waals surface area contributed by atoms with Gasteiger partial charge in [-0.1, -0.05) is 18.2 Å². The third kappa shape index (κ3) is 2.57. The summed E-state index contributed by atoms with van der Waals surface area (Å²) in [6.07, 6.45) is 0. The highest BCUT2D eigenvalue weighted by molar-refractivity contribution is 6.16. The normalized spacial score (nSPS) is 10.1. The summed E-state index contributed by atoms with van der Waals surface area (Å²) in [6.45, 7) is 0. The van der Waals surface area contributed by atoms with Gasteiger partial charge in [0.05, 0.1) is 4.92 Å². The lowest BCUT2D eigenvalue weighted by Gasteiger charge is -2.07. The Labute approximate surface area is 118 Å². The molecule has 106 valence electrons. The first-order valence-corrected chi connectivity index (χ1v) is 5.77. The molecule has 2 aromatic carbocycles. The van der Waals surface area contributed by atoms with E-state index in [0.29, 0.717) is 0 Å². The smallest absolute Gasteiger partial charge is 0.340 e. The summed E-state index contributed by atoms with van der Waals surface area (Å²) in [7, 11) is 0. The van der Waals surface area contributed by atoms with Crippen LogP contribution in [0.3, 0.4) is 0 Å². The van der Waals surface area contributed by atoms with Crippen LogP contribution in [0, 0.1) is 10.1 Å². The Morgan fingerprint density at radius 1 is 1.00 bits per heavy atom. The molecule has 0 amide bonds. The number of hydrogen-bond acceptors (Lipinski definition) is 5. The lowest BCUT2D eigenvalue weighted by molar-refractivity contribution is -0.385. The third-order valence-corrected chi connectivity index (χ3v) is 2.85. The van der Waals surface area contributed by atoms with Gasteiger partial charge in [0, 0.05) is 11.6 Å². The highest BCUT2D eigenvalue weighted by atomic mass is 16.6. The van der Waals surface area contributed by atoms with Gasteiger partial charge >= 0.3 is 5.97 Å². The Kier molecular flexibility index (Phi) is 3.66. The molecule has 0 saturated carbocycles. The van der Waals surface area contributed by atoms with E-state index < -0.39 is 33.7 Å². The predicted molar refractivity (Wildman–Crippen MR) is 71.6 cm³/mol. The van der Waals surface area contributed by atoms with Gasteiger partial charge in [0.1, 0.15) is 16.9 Å². The first-order valence-electron chi connectivity index (χ1n) is 5.77. The van der Waals surface area contributed by atoms with Crippen molar-refractivity contribution in [3.8, 4) is 5.75 Å². The Balaban J connectivity index is 2.64. The summed E-state index contributed by atoms with van der Waals surface area (Å²) in [5, 5.41) is 29.6. The number of nitro groups is 1. The minimum absolute atomic E-state index is 0.240. The monoisotopic (exact) mass is 287 g/mol. The molecule has 7 nitrogen and oxygen atoms in total. The van der Waals surface area contributed by atoms with Crippen LogP contribution in [0.15, 0.2) is 42.5 Å². The summed E-state index contributed by atoms with van der Waals surface area (Å²) >= 11 is 0. The molecule has 0 aliphatic heterocycles. The molecule has 0 atom stereocenters. The first kappa shape index (κ1) is 14.2. The number of aromatic carboxylic acids is 1. The molecule has 0 radical (unpaired) electrons. The third-order valence-electron chi connectivity index (χ3n) is 2.85. The molecule has 0 bridgehead atoms. The maximum Gasteiger partial charge on any atom is 0.340 e. The Morgan fingerprint density at radius 2 is 1.62 bits per heavy atom. The molecule has 0 fully saturated rings. The van der Waals surface area contributed by atoms with Gasteiger partial charge in [-0.25, -0.2) is 4.79 Å². The Hall–Kier alpha value is -3.22. The van der Waals surface area contributed by atoms with Crippen molar-refractivity contribution in [1.82, 2.24) is 0 Å². The van der Waals surface area contributed by atoms with Crippen molar-refractivity contribution in [2.75, 3.05) is 0 Å².